The van der Waals surface area contributed by atoms with Gasteiger partial charge in [0.2, 0.25) is 0 Å². The van der Waals surface area contributed by atoms with E-state index in [1.165, 1.54) is 7.11 Å². The number of aliphatic imine (C=N–C) groups is 2. The summed E-state index contributed by atoms with van der Waals surface area (Å²) in [4.78, 5) is 40.6. The Labute approximate surface area is 285 Å². The third kappa shape index (κ3) is 12.4. The van der Waals surface area contributed by atoms with Gasteiger partial charge in [-0.1, -0.05) is 41.5 Å². The van der Waals surface area contributed by atoms with E-state index in [0.29, 0.717) is 0 Å². The van der Waals surface area contributed by atoms with Crippen LogP contribution in [0.2, 0.25) is 0 Å². The molecule has 0 saturated heterocycles. The van der Waals surface area contributed by atoms with Crippen molar-refractivity contribution >= 4 is 40.2 Å². The first-order valence-electron chi connectivity index (χ1n) is 14.7. The third-order valence-corrected chi connectivity index (χ3v) is 8.01. The zero-order valence-corrected chi connectivity index (χ0v) is 29.4. The number of alkyl halides is 5. The summed E-state index contributed by atoms with van der Waals surface area (Å²) in [5.74, 6) is -2.80. The van der Waals surface area contributed by atoms with Crippen molar-refractivity contribution in [2.45, 2.75) is 132 Å². The van der Waals surface area contributed by atoms with E-state index < -0.39 is 105 Å². The monoisotopic (exact) mass is 755 g/mol. The lowest BCUT2D eigenvalue weighted by Gasteiger charge is -2.42. The van der Waals surface area contributed by atoms with E-state index in [2.05, 4.69) is 23.6 Å². The number of hydrogen-bond acceptors (Lipinski definition) is 15. The number of aliphatic carboxylic acids is 1. The van der Waals surface area contributed by atoms with Gasteiger partial charge in [0.15, 0.2) is 11.1 Å². The smallest absolute Gasteiger partial charge is 0.523 e. The number of carbonyl (C=O) groups excluding carboxylic acids is 2. The van der Waals surface area contributed by atoms with Crippen molar-refractivity contribution in [2.75, 3.05) is 14.2 Å². The van der Waals surface area contributed by atoms with Gasteiger partial charge in [-0.2, -0.15) is 21.6 Å². The van der Waals surface area contributed by atoms with E-state index >= 15 is 0 Å². The molecule has 0 atom stereocenters. The van der Waals surface area contributed by atoms with Gasteiger partial charge in [0.1, 0.15) is 30.0 Å². The molecule has 3 saturated carbocycles. The topological polar surface area (TPSA) is 249 Å². The molecular weight excluding hydrogens is 713 g/mol. The first-order valence-corrected chi connectivity index (χ1v) is 16.1. The largest absolute Gasteiger partial charge is 0.595 e. The van der Waals surface area contributed by atoms with Gasteiger partial charge in [-0.05, 0) is 0 Å². The Morgan fingerprint density at radius 3 is 1.34 bits per heavy atom. The van der Waals surface area contributed by atoms with Gasteiger partial charge in [0, 0.05) is 49.7 Å². The molecule has 0 bridgehead atoms. The van der Waals surface area contributed by atoms with Crippen molar-refractivity contribution in [1.82, 2.24) is 0 Å². The van der Waals surface area contributed by atoms with Crippen LogP contribution < -0.4 is 15.9 Å². The first-order chi connectivity index (χ1) is 22.3. The fraction of sp³-hybridized carbons (Fsp3) is 0.821. The number of carbonyl (C=O) groups is 3. The highest BCUT2D eigenvalue weighted by atomic mass is 32.2. The molecule has 0 unspecified atom stereocenters. The number of rotatable bonds is 7. The number of halogens is 5. The average Bonchev–Trinajstić information content (AvgIpc) is 2.86. The molecule has 0 aromatic rings. The zero-order valence-electron chi connectivity index (χ0n) is 28.6. The van der Waals surface area contributed by atoms with Crippen LogP contribution in [0.25, 0.3) is 0 Å². The zero-order chi connectivity index (χ0) is 39.3. The summed E-state index contributed by atoms with van der Waals surface area (Å²) < 4.78 is 106. The summed E-state index contributed by atoms with van der Waals surface area (Å²) >= 11 is 0. The Kier molecular flexibility index (Phi) is 14.0. The van der Waals surface area contributed by atoms with Crippen LogP contribution in [0.5, 0.6) is 0 Å². The van der Waals surface area contributed by atoms with Crippen molar-refractivity contribution in [3.63, 3.8) is 0 Å². The Bertz CT molecular complexity index is 1390. The van der Waals surface area contributed by atoms with Crippen molar-refractivity contribution in [3.8, 4) is 0 Å². The molecule has 3 N–H and O–H groups in total. The van der Waals surface area contributed by atoms with E-state index in [4.69, 9.17) is 20.3 Å². The molecule has 50 heavy (non-hydrogen) atoms. The number of carboxylic acids is 1. The van der Waals surface area contributed by atoms with Gasteiger partial charge in [-0.25, -0.2) is 18.4 Å². The van der Waals surface area contributed by atoms with Gasteiger partial charge >= 0.3 is 33.5 Å². The van der Waals surface area contributed by atoms with Crippen LogP contribution in [-0.2, 0) is 47.6 Å². The molecule has 0 radical (unpaired) electrons. The Morgan fingerprint density at radius 2 is 1.10 bits per heavy atom. The van der Waals surface area contributed by atoms with E-state index in [0.717, 1.165) is 7.11 Å². The van der Waals surface area contributed by atoms with Gasteiger partial charge in [-0.15, -0.1) is 0 Å². The Morgan fingerprint density at radius 1 is 0.760 bits per heavy atom. The van der Waals surface area contributed by atoms with E-state index in [9.17, 15) is 55.0 Å². The minimum atomic E-state index is -5.81. The van der Waals surface area contributed by atoms with Gasteiger partial charge in [0.05, 0.1) is 20.3 Å². The lowest BCUT2D eigenvalue weighted by atomic mass is 9.75. The highest BCUT2D eigenvalue weighted by Gasteiger charge is 2.57. The van der Waals surface area contributed by atoms with Crippen LogP contribution in [0.15, 0.2) is 9.98 Å². The van der Waals surface area contributed by atoms with Crippen LogP contribution in [0.1, 0.15) is 80.1 Å². The lowest BCUT2D eigenvalue weighted by molar-refractivity contribution is -0.263. The summed E-state index contributed by atoms with van der Waals surface area (Å²) in [6, 6.07) is 0. The maximum absolute atomic E-state index is 12.9. The van der Waals surface area contributed by atoms with Gasteiger partial charge < -0.3 is 40.0 Å². The number of nitrogens with zero attached hydrogens (tertiary/aromatic N) is 2. The predicted octanol–water partition coefficient (Wildman–Crippen LogP) is 0.920. The molecule has 22 heteroatoms. The molecule has 3 aliphatic rings. The Hall–Kier alpha value is -3.53. The normalized spacial score (nSPS) is 29.9. The maximum atomic E-state index is 12.9. The molecule has 0 heterocycles. The van der Waals surface area contributed by atoms with Crippen LogP contribution in [0.4, 0.5) is 22.0 Å². The SMILES string of the molecule is COC(=O)C1(N=C([O-])OC(C)(C)C)CC(F)C1.COC(=O)C1(N=C([O-])OC(C)(C)C)CC(OS(=O)(=O)C(F)(F)F)C1.NC1(C(=O)O)CC(F)C1. The van der Waals surface area contributed by atoms with Gasteiger partial charge in [0.25, 0.3) is 0 Å². The second-order valence-corrected chi connectivity index (χ2v) is 15.3. The van der Waals surface area contributed by atoms with Crippen molar-refractivity contribution in [1.29, 1.82) is 0 Å². The molecule has 3 rings (SSSR count). The summed E-state index contributed by atoms with van der Waals surface area (Å²) in [5, 5.41) is 31.5. The van der Waals surface area contributed by atoms with E-state index in [1.54, 1.807) is 41.5 Å². The standard InChI is InChI=1S/C12H18F3NO7S.C11H18FNO4.C5H8FNO2/c1-10(2,3)22-9(18)16-11(8(17)21-4)5-7(6-11)23-24(19,20)12(13,14)15;1-10(2,3)17-9(15)13-11(8(14)16-4)5-7(12)6-11;6-3-1-5(7,2-3)4(8)9/h7H,5-6H2,1-4H3,(H,16,18);7H,5-6H2,1-4H3,(H,13,15);3H,1-2,7H2,(H,8,9)/p-2. The molecule has 0 aliphatic heterocycles. The highest BCUT2D eigenvalue weighted by Crippen LogP contribution is 2.42. The van der Waals surface area contributed by atoms with Crippen LogP contribution in [-0.4, -0.2) is 110 Å². The molecule has 0 amide bonds. The maximum Gasteiger partial charge on any atom is 0.523 e. The quantitative estimate of drug-likeness (QED) is 0.0916. The summed E-state index contributed by atoms with van der Waals surface area (Å²) in [5.41, 5.74) is -6.48. The molecule has 16 nitrogen and oxygen atoms in total. The number of hydrogen-bond donors (Lipinski definition) is 2. The average molecular weight is 756 g/mol. The molecule has 3 fully saturated rings. The fourth-order valence-electron chi connectivity index (χ4n) is 4.48. The lowest BCUT2D eigenvalue weighted by Crippen LogP contribution is -2.58. The molecule has 0 aromatic carbocycles. The van der Waals surface area contributed by atoms with Crippen molar-refractivity contribution < 1.29 is 83.2 Å². The van der Waals surface area contributed by atoms with Crippen LogP contribution >= 0.6 is 0 Å². The first kappa shape index (κ1) is 44.5. The van der Waals surface area contributed by atoms with E-state index in [-0.39, 0.29) is 25.7 Å². The second kappa shape index (κ2) is 15.8. The van der Waals surface area contributed by atoms with Crippen LogP contribution in [0, 0.1) is 0 Å². The Balaban J connectivity index is 0.000000414. The highest BCUT2D eigenvalue weighted by molar-refractivity contribution is 7.87. The molecule has 3 aliphatic carbocycles. The fourth-order valence-corrected chi connectivity index (χ4v) is 5.08. The number of ether oxygens (including phenoxy) is 4. The van der Waals surface area contributed by atoms with Crippen molar-refractivity contribution in [3.05, 3.63) is 0 Å². The minimum Gasteiger partial charge on any atom is -0.595 e. The molecule has 0 aromatic heterocycles. The number of esters is 2. The van der Waals surface area contributed by atoms with Crippen molar-refractivity contribution in [2.24, 2.45) is 15.7 Å². The third-order valence-electron chi connectivity index (χ3n) is 6.92. The number of carboxylic acid groups (broad SMARTS) is 1. The molecule has 0 spiro atoms. The summed E-state index contributed by atoms with van der Waals surface area (Å²) in [7, 11) is -3.63. The second-order valence-electron chi connectivity index (χ2n) is 13.7. The predicted molar refractivity (Wildman–Crippen MR) is 158 cm³/mol. The van der Waals surface area contributed by atoms with Gasteiger partial charge in [-0.3, -0.25) is 19.0 Å². The minimum absolute atomic E-state index is 0.0394. The summed E-state index contributed by atoms with van der Waals surface area (Å²) in [6.45, 7) is 9.70. The number of methoxy groups -OCH3 is 2. The molecule has 290 valence electrons. The van der Waals surface area contributed by atoms with Crippen LogP contribution in [0.3, 0.4) is 0 Å². The molecular formula is C28H42F5N3O13S-2. The summed E-state index contributed by atoms with van der Waals surface area (Å²) in [6.07, 6.45) is -7.03. The number of nitrogens with two attached hydrogens (primary N) is 1. The van der Waals surface area contributed by atoms with E-state index in [1.807, 2.05) is 0 Å².